The van der Waals surface area contributed by atoms with Crippen molar-refractivity contribution in [2.75, 3.05) is 6.54 Å². The lowest BCUT2D eigenvalue weighted by molar-refractivity contribution is 0.0915. The first-order chi connectivity index (χ1) is 12.1. The second kappa shape index (κ2) is 7.50. The van der Waals surface area contributed by atoms with Crippen LogP contribution in [0.1, 0.15) is 22.0 Å². The number of nitrogens with one attached hydrogen (secondary N) is 1. The number of aliphatic hydroxyl groups excluding tert-OH is 1. The number of aromatic nitrogens is 3. The van der Waals surface area contributed by atoms with Gasteiger partial charge in [0.2, 0.25) is 0 Å². The number of hydrogen-bond donors (Lipinski definition) is 3. The fraction of sp³-hybridized carbons (Fsp3) is 0.111. The molecule has 3 N–H and O–H groups in total. The molecular formula is C18H16N4O3. The minimum Gasteiger partial charge on any atom is -0.508 e. The van der Waals surface area contributed by atoms with E-state index < -0.39 is 6.10 Å². The van der Waals surface area contributed by atoms with Crippen LogP contribution in [0.25, 0.3) is 11.4 Å². The van der Waals surface area contributed by atoms with Crippen LogP contribution >= 0.6 is 0 Å². The number of phenolic OH excluding ortho intramolecular Hbond substituents is 1. The standard InChI is InChI=1S/C18H16N4O3/c23-15-5-3-12(4-6-15)16(24)11-22-18(25)14-9-20-17(21-10-14)13-2-1-7-19-8-13/h1-10,16,23-24H,11H2,(H,22,25)/t16-/m0/s1. The van der Waals surface area contributed by atoms with Gasteiger partial charge in [0.1, 0.15) is 5.75 Å². The number of aromatic hydroxyl groups is 1. The first kappa shape index (κ1) is 16.5. The molecular weight excluding hydrogens is 320 g/mol. The highest BCUT2D eigenvalue weighted by atomic mass is 16.3. The number of aliphatic hydroxyl groups is 1. The van der Waals surface area contributed by atoms with Gasteiger partial charge in [-0.1, -0.05) is 12.1 Å². The van der Waals surface area contributed by atoms with E-state index in [0.29, 0.717) is 17.0 Å². The van der Waals surface area contributed by atoms with E-state index in [4.69, 9.17) is 0 Å². The molecule has 1 aromatic carbocycles. The summed E-state index contributed by atoms with van der Waals surface area (Å²) in [6.45, 7) is 0.0357. The highest BCUT2D eigenvalue weighted by Crippen LogP contribution is 2.16. The molecule has 0 bridgehead atoms. The van der Waals surface area contributed by atoms with Crippen molar-refractivity contribution < 1.29 is 15.0 Å². The van der Waals surface area contributed by atoms with Crippen LogP contribution in [0.5, 0.6) is 5.75 Å². The summed E-state index contributed by atoms with van der Waals surface area (Å²) >= 11 is 0. The molecule has 2 heterocycles. The molecule has 0 saturated carbocycles. The predicted molar refractivity (Wildman–Crippen MR) is 90.7 cm³/mol. The van der Waals surface area contributed by atoms with E-state index in [-0.39, 0.29) is 18.2 Å². The van der Waals surface area contributed by atoms with Crippen LogP contribution in [0.15, 0.2) is 61.2 Å². The van der Waals surface area contributed by atoms with Gasteiger partial charge in [-0.15, -0.1) is 0 Å². The van der Waals surface area contributed by atoms with Gasteiger partial charge in [0.05, 0.1) is 11.7 Å². The van der Waals surface area contributed by atoms with Crippen molar-refractivity contribution in [1.29, 1.82) is 0 Å². The Kier molecular flexibility index (Phi) is 4.96. The van der Waals surface area contributed by atoms with Crippen molar-refractivity contribution in [2.24, 2.45) is 0 Å². The van der Waals surface area contributed by atoms with E-state index in [0.717, 1.165) is 5.56 Å². The van der Waals surface area contributed by atoms with Gasteiger partial charge in [-0.2, -0.15) is 0 Å². The van der Waals surface area contributed by atoms with E-state index in [1.54, 1.807) is 30.6 Å². The van der Waals surface area contributed by atoms with Crippen molar-refractivity contribution in [2.45, 2.75) is 6.10 Å². The summed E-state index contributed by atoms with van der Waals surface area (Å²) in [4.78, 5) is 24.5. The van der Waals surface area contributed by atoms with Crippen LogP contribution < -0.4 is 5.32 Å². The number of rotatable bonds is 5. The van der Waals surface area contributed by atoms with E-state index >= 15 is 0 Å². The summed E-state index contributed by atoms with van der Waals surface area (Å²) in [5.41, 5.74) is 1.66. The first-order valence-electron chi connectivity index (χ1n) is 7.61. The number of hydrogen-bond acceptors (Lipinski definition) is 6. The maximum atomic E-state index is 12.1. The summed E-state index contributed by atoms with van der Waals surface area (Å²) in [7, 11) is 0. The summed E-state index contributed by atoms with van der Waals surface area (Å²) in [6, 6.07) is 9.76. The summed E-state index contributed by atoms with van der Waals surface area (Å²) in [6.07, 6.45) is 5.28. The normalized spacial score (nSPS) is 11.7. The third-order valence-electron chi connectivity index (χ3n) is 3.57. The van der Waals surface area contributed by atoms with Crippen LogP contribution in [0.3, 0.4) is 0 Å². The zero-order valence-electron chi connectivity index (χ0n) is 13.2. The molecule has 0 aliphatic carbocycles. The number of nitrogens with zero attached hydrogens (tertiary/aromatic N) is 3. The highest BCUT2D eigenvalue weighted by molar-refractivity contribution is 5.93. The van der Waals surface area contributed by atoms with Gasteiger partial charge in [0.15, 0.2) is 5.82 Å². The highest BCUT2D eigenvalue weighted by Gasteiger charge is 2.12. The Hall–Kier alpha value is -3.32. The molecule has 7 heteroatoms. The van der Waals surface area contributed by atoms with Crippen LogP contribution in [0.4, 0.5) is 0 Å². The van der Waals surface area contributed by atoms with Crippen LogP contribution in [0, 0.1) is 0 Å². The Morgan fingerprint density at radius 2 is 1.80 bits per heavy atom. The number of phenols is 1. The fourth-order valence-electron chi connectivity index (χ4n) is 2.20. The molecule has 0 fully saturated rings. The fourth-order valence-corrected chi connectivity index (χ4v) is 2.20. The average molecular weight is 336 g/mol. The number of amides is 1. The minimum absolute atomic E-state index is 0.0357. The van der Waals surface area contributed by atoms with Crippen LogP contribution in [-0.4, -0.2) is 37.6 Å². The maximum Gasteiger partial charge on any atom is 0.254 e. The summed E-state index contributed by atoms with van der Waals surface area (Å²) in [5.74, 6) is 0.218. The Morgan fingerprint density at radius 1 is 1.08 bits per heavy atom. The molecule has 0 aliphatic heterocycles. The topological polar surface area (TPSA) is 108 Å². The number of pyridine rings is 1. The number of carbonyl (C=O) groups is 1. The zero-order valence-corrected chi connectivity index (χ0v) is 13.2. The summed E-state index contributed by atoms with van der Waals surface area (Å²) in [5, 5.41) is 21.9. The maximum absolute atomic E-state index is 12.1. The van der Waals surface area contributed by atoms with E-state index in [1.165, 1.54) is 24.5 Å². The van der Waals surface area contributed by atoms with Crippen molar-refractivity contribution in [3.05, 3.63) is 72.3 Å². The molecule has 0 spiro atoms. The molecule has 25 heavy (non-hydrogen) atoms. The van der Waals surface area contributed by atoms with Crippen LogP contribution in [-0.2, 0) is 0 Å². The van der Waals surface area contributed by atoms with E-state index in [2.05, 4.69) is 20.3 Å². The lowest BCUT2D eigenvalue weighted by Crippen LogP contribution is -2.28. The van der Waals surface area contributed by atoms with Gasteiger partial charge in [-0.3, -0.25) is 9.78 Å². The third kappa shape index (κ3) is 4.15. The van der Waals surface area contributed by atoms with Gasteiger partial charge < -0.3 is 15.5 Å². The molecule has 0 saturated heterocycles. The Labute approximate surface area is 144 Å². The quantitative estimate of drug-likeness (QED) is 0.654. The minimum atomic E-state index is -0.875. The Bertz CT molecular complexity index is 836. The van der Waals surface area contributed by atoms with E-state index in [9.17, 15) is 15.0 Å². The van der Waals surface area contributed by atoms with Gasteiger partial charge in [0.25, 0.3) is 5.91 Å². The monoisotopic (exact) mass is 336 g/mol. The first-order valence-corrected chi connectivity index (χ1v) is 7.61. The predicted octanol–water partition coefficient (Wildman–Crippen LogP) is 1.71. The van der Waals surface area contributed by atoms with Gasteiger partial charge in [-0.25, -0.2) is 9.97 Å². The Morgan fingerprint density at radius 3 is 2.44 bits per heavy atom. The van der Waals surface area contributed by atoms with Crippen molar-refractivity contribution in [3.8, 4) is 17.1 Å². The molecule has 7 nitrogen and oxygen atoms in total. The average Bonchev–Trinajstić information content (AvgIpc) is 2.67. The summed E-state index contributed by atoms with van der Waals surface area (Å²) < 4.78 is 0. The molecule has 0 aliphatic rings. The second-order valence-corrected chi connectivity index (χ2v) is 5.35. The molecule has 126 valence electrons. The van der Waals surface area contributed by atoms with E-state index in [1.807, 2.05) is 6.07 Å². The second-order valence-electron chi connectivity index (χ2n) is 5.35. The van der Waals surface area contributed by atoms with Gasteiger partial charge >= 0.3 is 0 Å². The smallest absolute Gasteiger partial charge is 0.254 e. The van der Waals surface area contributed by atoms with Crippen LogP contribution in [0.2, 0.25) is 0 Å². The molecule has 1 atom stereocenters. The van der Waals surface area contributed by atoms with Crippen molar-refractivity contribution >= 4 is 5.91 Å². The van der Waals surface area contributed by atoms with Gasteiger partial charge in [-0.05, 0) is 29.8 Å². The molecule has 3 aromatic rings. The third-order valence-corrected chi connectivity index (χ3v) is 3.57. The Balaban J connectivity index is 1.60. The zero-order chi connectivity index (χ0) is 17.6. The molecule has 2 aromatic heterocycles. The number of carbonyl (C=O) groups excluding carboxylic acids is 1. The lowest BCUT2D eigenvalue weighted by atomic mass is 10.1. The van der Waals surface area contributed by atoms with Crippen molar-refractivity contribution in [3.63, 3.8) is 0 Å². The molecule has 0 unspecified atom stereocenters. The molecule has 0 radical (unpaired) electrons. The van der Waals surface area contributed by atoms with Crippen molar-refractivity contribution in [1.82, 2.24) is 20.3 Å². The molecule has 1 amide bonds. The van der Waals surface area contributed by atoms with Gasteiger partial charge in [0, 0.05) is 36.9 Å². The lowest BCUT2D eigenvalue weighted by Gasteiger charge is -2.12. The number of benzene rings is 1. The SMILES string of the molecule is O=C(NC[C@H](O)c1ccc(O)cc1)c1cnc(-c2cccnc2)nc1. The molecule has 3 rings (SSSR count). The largest absolute Gasteiger partial charge is 0.508 e.